The molecule has 2 atom stereocenters. The van der Waals surface area contributed by atoms with E-state index in [1.165, 1.54) is 0 Å². The van der Waals surface area contributed by atoms with Crippen LogP contribution in [0.2, 0.25) is 0 Å². The fourth-order valence-corrected chi connectivity index (χ4v) is 1.15. The van der Waals surface area contributed by atoms with Crippen LogP contribution in [0.3, 0.4) is 0 Å². The van der Waals surface area contributed by atoms with Crippen LogP contribution in [0.25, 0.3) is 0 Å². The number of aliphatic hydroxyl groups is 1. The molecule has 2 unspecified atom stereocenters. The van der Waals surface area contributed by atoms with Crippen molar-refractivity contribution in [1.82, 2.24) is 0 Å². The highest BCUT2D eigenvalue weighted by molar-refractivity contribution is 5.56. The molecule has 1 aliphatic heterocycles. The number of aldehydes is 1. The standard InChI is InChI=1S/C7H12O3/c8-4-7(9)6-2-1-3-10-5-6/h4,6-7,9H,1-3,5H2. The molecule has 0 aromatic rings. The molecule has 58 valence electrons. The van der Waals surface area contributed by atoms with Crippen LogP contribution < -0.4 is 0 Å². The topological polar surface area (TPSA) is 46.5 Å². The third-order valence-electron chi connectivity index (χ3n) is 1.82. The van der Waals surface area contributed by atoms with Crippen molar-refractivity contribution in [2.24, 2.45) is 5.92 Å². The van der Waals surface area contributed by atoms with E-state index in [-0.39, 0.29) is 5.92 Å². The van der Waals surface area contributed by atoms with E-state index in [0.717, 1.165) is 19.4 Å². The summed E-state index contributed by atoms with van der Waals surface area (Å²) >= 11 is 0. The average molecular weight is 144 g/mol. The van der Waals surface area contributed by atoms with Crippen molar-refractivity contribution in [1.29, 1.82) is 0 Å². The minimum absolute atomic E-state index is 0.0336. The minimum Gasteiger partial charge on any atom is -0.385 e. The van der Waals surface area contributed by atoms with Gasteiger partial charge in [-0.2, -0.15) is 0 Å². The lowest BCUT2D eigenvalue weighted by molar-refractivity contribution is -0.120. The largest absolute Gasteiger partial charge is 0.385 e. The second-order valence-corrected chi connectivity index (χ2v) is 2.60. The van der Waals surface area contributed by atoms with Gasteiger partial charge in [0.05, 0.1) is 6.61 Å². The first-order valence-electron chi connectivity index (χ1n) is 3.55. The van der Waals surface area contributed by atoms with Crippen LogP contribution in [0.5, 0.6) is 0 Å². The van der Waals surface area contributed by atoms with Crippen molar-refractivity contribution in [2.75, 3.05) is 13.2 Å². The molecule has 0 aromatic carbocycles. The van der Waals surface area contributed by atoms with E-state index >= 15 is 0 Å². The van der Waals surface area contributed by atoms with Crippen molar-refractivity contribution < 1.29 is 14.6 Å². The van der Waals surface area contributed by atoms with Gasteiger partial charge in [-0.15, -0.1) is 0 Å². The van der Waals surface area contributed by atoms with E-state index in [0.29, 0.717) is 12.9 Å². The van der Waals surface area contributed by atoms with Gasteiger partial charge in [-0.25, -0.2) is 0 Å². The van der Waals surface area contributed by atoms with Gasteiger partial charge in [-0.3, -0.25) is 0 Å². The normalized spacial score (nSPS) is 29.5. The highest BCUT2D eigenvalue weighted by Crippen LogP contribution is 2.15. The Morgan fingerprint density at radius 2 is 2.50 bits per heavy atom. The summed E-state index contributed by atoms with van der Waals surface area (Å²) in [4.78, 5) is 10.1. The molecule has 0 saturated carbocycles. The third-order valence-corrected chi connectivity index (χ3v) is 1.82. The summed E-state index contributed by atoms with van der Waals surface area (Å²) in [7, 11) is 0. The van der Waals surface area contributed by atoms with E-state index < -0.39 is 6.10 Å². The lowest BCUT2D eigenvalue weighted by atomic mass is 9.97. The predicted octanol–water partition coefficient (Wildman–Crippen LogP) is -0.0272. The zero-order valence-electron chi connectivity index (χ0n) is 5.82. The fraction of sp³-hybridized carbons (Fsp3) is 0.857. The van der Waals surface area contributed by atoms with Gasteiger partial charge >= 0.3 is 0 Å². The summed E-state index contributed by atoms with van der Waals surface area (Å²) in [5.41, 5.74) is 0. The van der Waals surface area contributed by atoms with E-state index in [1.807, 2.05) is 0 Å². The Labute approximate surface area is 60.0 Å². The van der Waals surface area contributed by atoms with Crippen molar-refractivity contribution in [3.8, 4) is 0 Å². The average Bonchev–Trinajstić information content (AvgIpc) is 2.05. The van der Waals surface area contributed by atoms with Crippen molar-refractivity contribution in [2.45, 2.75) is 18.9 Å². The van der Waals surface area contributed by atoms with Crippen molar-refractivity contribution in [3.63, 3.8) is 0 Å². The molecule has 1 aliphatic rings. The number of rotatable bonds is 2. The minimum atomic E-state index is -0.819. The molecule has 1 rings (SSSR count). The molecule has 0 aliphatic carbocycles. The molecular formula is C7H12O3. The Bertz CT molecular complexity index is 107. The molecule has 0 bridgehead atoms. The lowest BCUT2D eigenvalue weighted by Crippen LogP contribution is -2.29. The van der Waals surface area contributed by atoms with Gasteiger partial charge in [0, 0.05) is 12.5 Å². The maximum Gasteiger partial charge on any atom is 0.148 e. The summed E-state index contributed by atoms with van der Waals surface area (Å²) in [5.74, 6) is 0.0336. The highest BCUT2D eigenvalue weighted by atomic mass is 16.5. The number of hydrogen-bond acceptors (Lipinski definition) is 3. The Balaban J connectivity index is 2.30. The fourth-order valence-electron chi connectivity index (χ4n) is 1.15. The molecule has 10 heavy (non-hydrogen) atoms. The second kappa shape index (κ2) is 3.68. The maximum absolute atomic E-state index is 10.1. The van der Waals surface area contributed by atoms with Gasteiger partial charge in [-0.05, 0) is 12.8 Å². The van der Waals surface area contributed by atoms with E-state index in [9.17, 15) is 4.79 Å². The Morgan fingerprint density at radius 3 is 3.00 bits per heavy atom. The molecule has 0 amide bonds. The third kappa shape index (κ3) is 1.78. The quantitative estimate of drug-likeness (QED) is 0.554. The zero-order chi connectivity index (χ0) is 7.40. The molecule has 0 radical (unpaired) electrons. The molecule has 3 nitrogen and oxygen atoms in total. The zero-order valence-corrected chi connectivity index (χ0v) is 5.82. The SMILES string of the molecule is O=CC(O)C1CCCOC1. The van der Waals surface area contributed by atoms with E-state index in [2.05, 4.69) is 0 Å². The van der Waals surface area contributed by atoms with E-state index in [1.54, 1.807) is 0 Å². The smallest absolute Gasteiger partial charge is 0.148 e. The lowest BCUT2D eigenvalue weighted by Gasteiger charge is -2.23. The molecule has 3 heteroatoms. The van der Waals surface area contributed by atoms with Gasteiger partial charge in [0.15, 0.2) is 0 Å². The van der Waals surface area contributed by atoms with Gasteiger partial charge in [0.1, 0.15) is 12.4 Å². The van der Waals surface area contributed by atoms with Gasteiger partial charge in [0.2, 0.25) is 0 Å². The molecule has 0 aromatic heterocycles. The molecule has 1 fully saturated rings. The van der Waals surface area contributed by atoms with Crippen LogP contribution >= 0.6 is 0 Å². The van der Waals surface area contributed by atoms with Crippen LogP contribution in [0.1, 0.15) is 12.8 Å². The van der Waals surface area contributed by atoms with Crippen LogP contribution in [-0.4, -0.2) is 30.7 Å². The van der Waals surface area contributed by atoms with Crippen molar-refractivity contribution in [3.05, 3.63) is 0 Å². The van der Waals surface area contributed by atoms with Crippen LogP contribution in [-0.2, 0) is 9.53 Å². The Kier molecular flexibility index (Phi) is 2.83. The molecule has 0 spiro atoms. The number of ether oxygens (including phenoxy) is 1. The highest BCUT2D eigenvalue weighted by Gasteiger charge is 2.21. The Hall–Kier alpha value is -0.410. The molecule has 1 heterocycles. The number of carbonyl (C=O) groups is 1. The molecular weight excluding hydrogens is 132 g/mol. The monoisotopic (exact) mass is 144 g/mol. The number of hydrogen-bond donors (Lipinski definition) is 1. The molecule has 1 saturated heterocycles. The summed E-state index contributed by atoms with van der Waals surface area (Å²) in [5, 5.41) is 9.03. The van der Waals surface area contributed by atoms with Gasteiger partial charge in [0.25, 0.3) is 0 Å². The first kappa shape index (κ1) is 7.69. The van der Waals surface area contributed by atoms with E-state index in [4.69, 9.17) is 9.84 Å². The van der Waals surface area contributed by atoms with Crippen LogP contribution in [0, 0.1) is 5.92 Å². The number of aliphatic hydroxyl groups excluding tert-OH is 1. The van der Waals surface area contributed by atoms with Gasteiger partial charge < -0.3 is 14.6 Å². The summed E-state index contributed by atoms with van der Waals surface area (Å²) in [6, 6.07) is 0. The van der Waals surface area contributed by atoms with Gasteiger partial charge in [-0.1, -0.05) is 0 Å². The number of carbonyl (C=O) groups excluding carboxylic acids is 1. The van der Waals surface area contributed by atoms with Crippen LogP contribution in [0.4, 0.5) is 0 Å². The maximum atomic E-state index is 10.1. The second-order valence-electron chi connectivity index (χ2n) is 2.60. The predicted molar refractivity (Wildman–Crippen MR) is 35.6 cm³/mol. The molecule has 1 N–H and O–H groups in total. The Morgan fingerprint density at radius 1 is 1.70 bits per heavy atom. The first-order valence-corrected chi connectivity index (χ1v) is 3.55. The summed E-state index contributed by atoms with van der Waals surface area (Å²) in [6.45, 7) is 1.29. The van der Waals surface area contributed by atoms with Crippen LogP contribution in [0.15, 0.2) is 0 Å². The van der Waals surface area contributed by atoms with Crippen molar-refractivity contribution >= 4 is 6.29 Å². The summed E-state index contributed by atoms with van der Waals surface area (Å²) in [6.07, 6.45) is 1.62. The first-order chi connectivity index (χ1) is 4.84. The summed E-state index contributed by atoms with van der Waals surface area (Å²) < 4.78 is 5.09.